The molecule has 3 rings (SSSR count). The van der Waals surface area contributed by atoms with E-state index in [1.807, 2.05) is 4.90 Å². The summed E-state index contributed by atoms with van der Waals surface area (Å²) in [5.74, 6) is -0.423. The van der Waals surface area contributed by atoms with Gasteiger partial charge in [0.05, 0.1) is 6.42 Å². The van der Waals surface area contributed by atoms with Crippen molar-refractivity contribution in [3.63, 3.8) is 0 Å². The maximum atomic E-state index is 13.8. The largest absolute Gasteiger partial charge is 0.342 e. The Morgan fingerprint density at radius 2 is 1.93 bits per heavy atom. The summed E-state index contributed by atoms with van der Waals surface area (Å²) in [7, 11) is 0. The Balaban J connectivity index is 1.62. The zero-order valence-corrected chi connectivity index (χ0v) is 16.1. The number of likely N-dealkylation sites (tertiary alicyclic amines) is 1. The van der Waals surface area contributed by atoms with Crippen LogP contribution in [-0.2, 0) is 22.6 Å². The van der Waals surface area contributed by atoms with Gasteiger partial charge in [0.15, 0.2) is 0 Å². The molecule has 0 N–H and O–H groups in total. The lowest BCUT2D eigenvalue weighted by molar-refractivity contribution is -0.132. The molecule has 6 nitrogen and oxygen atoms in total. The normalized spacial score (nSPS) is 17.1. The Bertz CT molecular complexity index is 815. The average molecular weight is 384 g/mol. The summed E-state index contributed by atoms with van der Waals surface area (Å²) in [6, 6.07) is 6.44. The molecule has 0 radical (unpaired) electrons. The van der Waals surface area contributed by atoms with Gasteiger partial charge in [-0.15, -0.1) is 0 Å². The molecule has 0 spiro atoms. The van der Waals surface area contributed by atoms with Gasteiger partial charge in [0.25, 0.3) is 0 Å². The molecule has 2 amide bonds. The van der Waals surface area contributed by atoms with Gasteiger partial charge in [-0.3, -0.25) is 9.59 Å². The first-order chi connectivity index (χ1) is 13.5. The van der Waals surface area contributed by atoms with Gasteiger partial charge in [0.1, 0.15) is 12.1 Å². The average Bonchev–Trinajstić information content (AvgIpc) is 2.94. The van der Waals surface area contributed by atoms with E-state index in [9.17, 15) is 14.0 Å². The number of hydrogen-bond donors (Lipinski definition) is 0. The fourth-order valence-electron chi connectivity index (χ4n) is 3.66. The summed E-state index contributed by atoms with van der Waals surface area (Å²) in [6.45, 7) is 3.22. The van der Waals surface area contributed by atoms with E-state index in [-0.39, 0.29) is 30.1 Å². The third kappa shape index (κ3) is 5.12. The first-order valence-corrected chi connectivity index (χ1v) is 9.57. The summed E-state index contributed by atoms with van der Waals surface area (Å²) in [5.41, 5.74) is 1.30. The van der Waals surface area contributed by atoms with E-state index in [1.54, 1.807) is 42.4 Å². The minimum atomic E-state index is -0.351. The zero-order chi connectivity index (χ0) is 19.9. The topological polar surface area (TPSA) is 66.4 Å². The van der Waals surface area contributed by atoms with Crippen molar-refractivity contribution >= 4 is 11.8 Å². The van der Waals surface area contributed by atoms with Gasteiger partial charge in [-0.05, 0) is 30.9 Å². The molecular weight excluding hydrogens is 359 g/mol. The van der Waals surface area contributed by atoms with E-state index in [2.05, 4.69) is 9.97 Å². The highest BCUT2D eigenvalue weighted by atomic mass is 19.1. The van der Waals surface area contributed by atoms with Crippen molar-refractivity contribution in [3.8, 4) is 0 Å². The molecule has 1 atom stereocenters. The monoisotopic (exact) mass is 384 g/mol. The third-order valence-corrected chi connectivity index (χ3v) is 5.16. The van der Waals surface area contributed by atoms with Crippen LogP contribution in [0.25, 0.3) is 0 Å². The highest BCUT2D eigenvalue weighted by molar-refractivity contribution is 5.79. The molecule has 0 aliphatic carbocycles. The maximum Gasteiger partial charge on any atom is 0.227 e. The highest BCUT2D eigenvalue weighted by Gasteiger charge is 2.26. The third-order valence-electron chi connectivity index (χ3n) is 5.16. The lowest BCUT2D eigenvalue weighted by Crippen LogP contribution is -2.39. The number of carbonyl (C=O) groups excluding carboxylic acids is 2. The summed E-state index contributed by atoms with van der Waals surface area (Å²) in [5, 5.41) is 0. The van der Waals surface area contributed by atoms with E-state index >= 15 is 0 Å². The molecule has 2 heterocycles. The minimum Gasteiger partial charge on any atom is -0.342 e. The van der Waals surface area contributed by atoms with Gasteiger partial charge < -0.3 is 9.80 Å². The van der Waals surface area contributed by atoms with Crippen LogP contribution >= 0.6 is 0 Å². The van der Waals surface area contributed by atoms with Crippen LogP contribution in [0.1, 0.15) is 37.3 Å². The van der Waals surface area contributed by atoms with Crippen molar-refractivity contribution in [2.24, 2.45) is 0 Å². The quantitative estimate of drug-likeness (QED) is 0.795. The van der Waals surface area contributed by atoms with Gasteiger partial charge in [-0.2, -0.15) is 0 Å². The summed E-state index contributed by atoms with van der Waals surface area (Å²) < 4.78 is 13.8. The fraction of sp³-hybridized carbons (Fsp3) is 0.429. The number of nitrogens with zero attached hydrogens (tertiary/aromatic N) is 4. The van der Waals surface area contributed by atoms with E-state index in [1.165, 1.54) is 12.4 Å². The van der Waals surface area contributed by atoms with Gasteiger partial charge in [0, 0.05) is 50.6 Å². The second-order valence-electron chi connectivity index (χ2n) is 7.13. The van der Waals surface area contributed by atoms with Crippen LogP contribution in [0.4, 0.5) is 4.39 Å². The number of amides is 2. The molecular formula is C21H25FN4O2. The van der Waals surface area contributed by atoms with Crippen molar-refractivity contribution in [2.75, 3.05) is 13.1 Å². The van der Waals surface area contributed by atoms with Crippen LogP contribution in [0, 0.1) is 5.82 Å². The molecule has 2 aromatic rings. The smallest absolute Gasteiger partial charge is 0.227 e. The molecule has 1 saturated heterocycles. The van der Waals surface area contributed by atoms with Crippen LogP contribution in [0.5, 0.6) is 0 Å². The van der Waals surface area contributed by atoms with Gasteiger partial charge >= 0.3 is 0 Å². The first-order valence-electron chi connectivity index (χ1n) is 9.57. The molecule has 148 valence electrons. The van der Waals surface area contributed by atoms with Crippen molar-refractivity contribution in [2.45, 2.75) is 45.2 Å². The van der Waals surface area contributed by atoms with E-state index < -0.39 is 0 Å². The molecule has 1 aliphatic heterocycles. The molecule has 1 fully saturated rings. The number of aromatic nitrogens is 2. The maximum absolute atomic E-state index is 13.8. The predicted octanol–water partition coefficient (Wildman–Crippen LogP) is 2.59. The molecule has 1 aliphatic rings. The van der Waals surface area contributed by atoms with Crippen LogP contribution in [0.15, 0.2) is 43.0 Å². The van der Waals surface area contributed by atoms with E-state index in [0.29, 0.717) is 31.6 Å². The number of carbonyl (C=O) groups is 2. The Morgan fingerprint density at radius 3 is 2.64 bits per heavy atom. The van der Waals surface area contributed by atoms with Crippen LogP contribution in [-0.4, -0.2) is 50.7 Å². The Hall–Kier alpha value is -2.83. The van der Waals surface area contributed by atoms with Crippen molar-refractivity contribution < 1.29 is 14.0 Å². The number of hydrogen-bond acceptors (Lipinski definition) is 4. The van der Waals surface area contributed by atoms with Crippen LogP contribution < -0.4 is 0 Å². The second-order valence-corrected chi connectivity index (χ2v) is 7.13. The molecule has 28 heavy (non-hydrogen) atoms. The molecule has 0 bridgehead atoms. The molecule has 1 aromatic carbocycles. The number of rotatable bonds is 5. The van der Waals surface area contributed by atoms with Crippen LogP contribution in [0.3, 0.4) is 0 Å². The molecule has 7 heteroatoms. The Labute approximate surface area is 164 Å². The van der Waals surface area contributed by atoms with Crippen LogP contribution in [0.2, 0.25) is 0 Å². The predicted molar refractivity (Wildman–Crippen MR) is 103 cm³/mol. The lowest BCUT2D eigenvalue weighted by atomic mass is 10.1. The number of benzene rings is 1. The Morgan fingerprint density at radius 1 is 1.18 bits per heavy atom. The van der Waals surface area contributed by atoms with Gasteiger partial charge in [-0.1, -0.05) is 18.2 Å². The Kier molecular flexibility index (Phi) is 6.68. The van der Waals surface area contributed by atoms with E-state index in [4.69, 9.17) is 0 Å². The van der Waals surface area contributed by atoms with E-state index in [0.717, 1.165) is 18.4 Å². The summed E-state index contributed by atoms with van der Waals surface area (Å²) in [4.78, 5) is 36.5. The minimum absolute atomic E-state index is 0.0000128. The highest BCUT2D eigenvalue weighted by Crippen LogP contribution is 2.20. The molecule has 1 aromatic heterocycles. The number of halogens is 1. The van der Waals surface area contributed by atoms with Gasteiger partial charge in [0.2, 0.25) is 11.8 Å². The lowest BCUT2D eigenvalue weighted by Gasteiger charge is -2.30. The zero-order valence-electron chi connectivity index (χ0n) is 16.1. The first kappa shape index (κ1) is 19.9. The summed E-state index contributed by atoms with van der Waals surface area (Å²) in [6.07, 6.45) is 7.30. The van der Waals surface area contributed by atoms with Crippen molar-refractivity contribution in [1.29, 1.82) is 0 Å². The molecule has 0 saturated carbocycles. The SMILES string of the molecule is CC(=O)N(Cc1cncnc1)[C@H]1CCCN(C(=O)Cc2ccccc2F)CC1. The summed E-state index contributed by atoms with van der Waals surface area (Å²) >= 11 is 0. The van der Waals surface area contributed by atoms with Crippen molar-refractivity contribution in [3.05, 3.63) is 59.9 Å². The second kappa shape index (κ2) is 9.39. The van der Waals surface area contributed by atoms with Gasteiger partial charge in [-0.25, -0.2) is 14.4 Å². The standard InChI is InChI=1S/C21H25FN4O2/c1-16(27)26(14-17-12-23-15-24-13-17)19-6-4-9-25(10-8-19)21(28)11-18-5-2-3-7-20(18)22/h2-3,5,7,12-13,15,19H,4,6,8-11,14H2,1H3/t19-/m0/s1. The molecule has 0 unspecified atom stereocenters. The fourth-order valence-corrected chi connectivity index (χ4v) is 3.66. The van der Waals surface area contributed by atoms with Crippen molar-refractivity contribution in [1.82, 2.24) is 19.8 Å².